The lowest BCUT2D eigenvalue weighted by atomic mass is 10.0. The molecule has 1 unspecified atom stereocenters. The van der Waals surface area contributed by atoms with Gasteiger partial charge in [-0.05, 0) is 74.9 Å². The number of rotatable bonds is 4. The van der Waals surface area contributed by atoms with Gasteiger partial charge >= 0.3 is 0 Å². The van der Waals surface area contributed by atoms with Gasteiger partial charge < -0.3 is 10.2 Å². The molecule has 25 heavy (non-hydrogen) atoms. The Balaban J connectivity index is 1.65. The second-order valence-electron chi connectivity index (χ2n) is 6.99. The SMILES string of the molecule is CSc1ccc2c(c1)N(CCC1CCCCN1)c1ccc(C)cc1S2. The Labute approximate surface area is 159 Å². The van der Waals surface area contributed by atoms with Crippen molar-refractivity contribution in [2.45, 2.75) is 53.3 Å². The van der Waals surface area contributed by atoms with E-state index in [-0.39, 0.29) is 0 Å². The van der Waals surface area contributed by atoms with Gasteiger partial charge in [-0.2, -0.15) is 0 Å². The zero-order valence-electron chi connectivity index (χ0n) is 15.0. The Morgan fingerprint density at radius 2 is 2.04 bits per heavy atom. The van der Waals surface area contributed by atoms with Crippen LogP contribution in [0.25, 0.3) is 0 Å². The normalized spacial score (nSPS) is 19.4. The lowest BCUT2D eigenvalue weighted by molar-refractivity contribution is 0.385. The van der Waals surface area contributed by atoms with Crippen molar-refractivity contribution >= 4 is 34.9 Å². The smallest absolute Gasteiger partial charge is 0.0564 e. The Hall–Kier alpha value is -1.10. The fraction of sp³-hybridized carbons (Fsp3) is 0.429. The average molecular weight is 371 g/mol. The molecule has 0 bridgehead atoms. The van der Waals surface area contributed by atoms with Crippen molar-refractivity contribution in [3.8, 4) is 0 Å². The molecule has 1 saturated heterocycles. The third kappa shape index (κ3) is 3.71. The van der Waals surface area contributed by atoms with E-state index >= 15 is 0 Å². The number of nitrogens with zero attached hydrogens (tertiary/aromatic N) is 1. The highest BCUT2D eigenvalue weighted by molar-refractivity contribution is 8.00. The van der Waals surface area contributed by atoms with Crippen LogP contribution in [-0.2, 0) is 0 Å². The highest BCUT2D eigenvalue weighted by Gasteiger charge is 2.25. The number of hydrogen-bond donors (Lipinski definition) is 1. The molecule has 1 N–H and O–H groups in total. The van der Waals surface area contributed by atoms with E-state index in [1.54, 1.807) is 0 Å². The van der Waals surface area contributed by atoms with Crippen LogP contribution >= 0.6 is 23.5 Å². The second kappa shape index (κ2) is 7.65. The van der Waals surface area contributed by atoms with Crippen LogP contribution in [0.5, 0.6) is 0 Å². The maximum Gasteiger partial charge on any atom is 0.0564 e. The van der Waals surface area contributed by atoms with Crippen LogP contribution in [0.1, 0.15) is 31.2 Å². The van der Waals surface area contributed by atoms with Crippen LogP contribution in [0.3, 0.4) is 0 Å². The van der Waals surface area contributed by atoms with E-state index in [4.69, 9.17) is 0 Å². The number of anilines is 2. The molecule has 2 aromatic carbocycles. The van der Waals surface area contributed by atoms with Crippen LogP contribution in [-0.4, -0.2) is 25.4 Å². The Bertz CT molecular complexity index is 754. The molecule has 4 rings (SSSR count). The summed E-state index contributed by atoms with van der Waals surface area (Å²) in [6.07, 6.45) is 7.39. The van der Waals surface area contributed by atoms with Crippen LogP contribution < -0.4 is 10.2 Å². The van der Waals surface area contributed by atoms with E-state index in [0.717, 1.165) is 6.54 Å². The van der Waals surface area contributed by atoms with Gasteiger partial charge in [0.05, 0.1) is 11.4 Å². The first kappa shape index (κ1) is 17.3. The molecule has 0 aromatic heterocycles. The van der Waals surface area contributed by atoms with Crippen LogP contribution in [0.4, 0.5) is 11.4 Å². The Morgan fingerprint density at radius 3 is 2.84 bits per heavy atom. The highest BCUT2D eigenvalue weighted by atomic mass is 32.2. The molecule has 2 aromatic rings. The number of hydrogen-bond acceptors (Lipinski definition) is 4. The molecule has 1 fully saturated rings. The summed E-state index contributed by atoms with van der Waals surface area (Å²) in [6, 6.07) is 14.5. The molecule has 4 heteroatoms. The summed E-state index contributed by atoms with van der Waals surface area (Å²) in [4.78, 5) is 6.67. The largest absolute Gasteiger partial charge is 0.340 e. The minimum absolute atomic E-state index is 0.671. The van der Waals surface area contributed by atoms with E-state index < -0.39 is 0 Å². The second-order valence-corrected chi connectivity index (χ2v) is 8.96. The summed E-state index contributed by atoms with van der Waals surface area (Å²) in [6.45, 7) is 4.45. The van der Waals surface area contributed by atoms with E-state index in [9.17, 15) is 0 Å². The molecular weight excluding hydrogens is 344 g/mol. The molecule has 0 saturated carbocycles. The van der Waals surface area contributed by atoms with Gasteiger partial charge in [-0.3, -0.25) is 0 Å². The molecule has 2 aliphatic rings. The number of aryl methyl sites for hydroxylation is 1. The average Bonchev–Trinajstić information content (AvgIpc) is 2.65. The zero-order chi connectivity index (χ0) is 17.2. The van der Waals surface area contributed by atoms with Gasteiger partial charge in [0.25, 0.3) is 0 Å². The van der Waals surface area contributed by atoms with Gasteiger partial charge in [-0.15, -0.1) is 11.8 Å². The summed E-state index contributed by atoms with van der Waals surface area (Å²) < 4.78 is 0. The lowest BCUT2D eigenvalue weighted by Crippen LogP contribution is -2.37. The van der Waals surface area contributed by atoms with E-state index in [0.29, 0.717) is 6.04 Å². The Morgan fingerprint density at radius 1 is 1.12 bits per heavy atom. The van der Waals surface area contributed by atoms with E-state index in [1.165, 1.54) is 63.9 Å². The molecule has 1 atom stereocenters. The summed E-state index contributed by atoms with van der Waals surface area (Å²) in [7, 11) is 0. The van der Waals surface area contributed by atoms with Gasteiger partial charge in [0, 0.05) is 27.3 Å². The first-order chi connectivity index (χ1) is 12.2. The van der Waals surface area contributed by atoms with Gasteiger partial charge in [0.15, 0.2) is 0 Å². The molecule has 0 aliphatic carbocycles. The van der Waals surface area contributed by atoms with Crippen molar-refractivity contribution in [3.63, 3.8) is 0 Å². The first-order valence-corrected chi connectivity index (χ1v) is 11.3. The lowest BCUT2D eigenvalue weighted by Gasteiger charge is -2.35. The molecule has 132 valence electrons. The predicted molar refractivity (Wildman–Crippen MR) is 111 cm³/mol. The number of benzene rings is 2. The molecule has 2 aliphatic heterocycles. The van der Waals surface area contributed by atoms with Gasteiger partial charge in [0.1, 0.15) is 0 Å². The fourth-order valence-corrected chi connectivity index (χ4v) is 5.40. The predicted octanol–water partition coefficient (Wildman–Crippen LogP) is 5.85. The van der Waals surface area contributed by atoms with Crippen molar-refractivity contribution in [2.24, 2.45) is 0 Å². The van der Waals surface area contributed by atoms with Crippen molar-refractivity contribution in [3.05, 3.63) is 42.0 Å². The number of thioether (sulfide) groups is 1. The maximum atomic E-state index is 3.70. The quantitative estimate of drug-likeness (QED) is 0.679. The zero-order valence-corrected chi connectivity index (χ0v) is 16.7. The summed E-state index contributed by atoms with van der Waals surface area (Å²) >= 11 is 3.74. The van der Waals surface area contributed by atoms with E-state index in [1.807, 2.05) is 23.5 Å². The molecule has 2 nitrogen and oxygen atoms in total. The van der Waals surface area contributed by atoms with Crippen molar-refractivity contribution in [1.29, 1.82) is 0 Å². The maximum absolute atomic E-state index is 3.70. The van der Waals surface area contributed by atoms with Crippen molar-refractivity contribution < 1.29 is 0 Å². The fourth-order valence-electron chi connectivity index (χ4n) is 3.79. The number of nitrogens with one attached hydrogen (secondary N) is 1. The molecule has 0 radical (unpaired) electrons. The molecular formula is C21H26N2S2. The summed E-state index contributed by atoms with van der Waals surface area (Å²) in [5.41, 5.74) is 4.09. The monoisotopic (exact) mass is 370 g/mol. The van der Waals surface area contributed by atoms with Gasteiger partial charge in [0.2, 0.25) is 0 Å². The standard InChI is InChI=1S/C21H26N2S2/c1-15-6-8-18-21(13-15)25-20-9-7-17(24-2)14-19(20)23(18)12-10-16-5-3-4-11-22-16/h6-9,13-14,16,22H,3-5,10-12H2,1-2H3. The van der Waals surface area contributed by atoms with Crippen LogP contribution in [0.2, 0.25) is 0 Å². The minimum atomic E-state index is 0.671. The van der Waals surface area contributed by atoms with Crippen molar-refractivity contribution in [1.82, 2.24) is 5.32 Å². The summed E-state index contributed by atoms with van der Waals surface area (Å²) in [5, 5.41) is 3.70. The summed E-state index contributed by atoms with van der Waals surface area (Å²) in [5.74, 6) is 0. The number of piperidine rings is 1. The highest BCUT2D eigenvalue weighted by Crippen LogP contribution is 2.49. The van der Waals surface area contributed by atoms with Crippen LogP contribution in [0.15, 0.2) is 51.1 Å². The van der Waals surface area contributed by atoms with E-state index in [2.05, 4.69) is 59.8 Å². The molecule has 2 heterocycles. The minimum Gasteiger partial charge on any atom is -0.340 e. The van der Waals surface area contributed by atoms with Crippen LogP contribution in [0, 0.1) is 6.92 Å². The third-order valence-corrected chi connectivity index (χ3v) is 7.03. The molecule has 0 amide bonds. The van der Waals surface area contributed by atoms with Crippen molar-refractivity contribution in [2.75, 3.05) is 24.2 Å². The van der Waals surface area contributed by atoms with Gasteiger partial charge in [-0.25, -0.2) is 0 Å². The molecule has 0 spiro atoms. The third-order valence-electron chi connectivity index (χ3n) is 5.20. The topological polar surface area (TPSA) is 15.3 Å². The number of fused-ring (bicyclic) bond motifs is 2. The van der Waals surface area contributed by atoms with Gasteiger partial charge in [-0.1, -0.05) is 24.2 Å². The Kier molecular flexibility index (Phi) is 5.30. The first-order valence-electron chi connectivity index (χ1n) is 9.22.